The van der Waals surface area contributed by atoms with Crippen LogP contribution in [0.3, 0.4) is 0 Å². The quantitative estimate of drug-likeness (QED) is 0.398. The molecule has 5 aliphatic carbocycles. The van der Waals surface area contributed by atoms with Gasteiger partial charge in [-0.3, -0.25) is 14.1 Å². The molecule has 38 heavy (non-hydrogen) atoms. The van der Waals surface area contributed by atoms with Crippen molar-refractivity contribution in [2.24, 2.45) is 50.2 Å². The zero-order valence-corrected chi connectivity index (χ0v) is 24.7. The van der Waals surface area contributed by atoms with E-state index in [0.29, 0.717) is 25.7 Å². The highest BCUT2D eigenvalue weighted by molar-refractivity contribution is 7.80. The van der Waals surface area contributed by atoms with Crippen molar-refractivity contribution in [1.29, 1.82) is 0 Å². The lowest BCUT2D eigenvalue weighted by molar-refractivity contribution is -0.199. The Morgan fingerprint density at radius 1 is 1.03 bits per heavy atom. The average Bonchev–Trinajstić information content (AvgIpc) is 2.78. The van der Waals surface area contributed by atoms with Crippen LogP contribution >= 0.6 is 0 Å². The number of carboxylic acid groups (broad SMARTS) is 1. The summed E-state index contributed by atoms with van der Waals surface area (Å²) in [5.74, 6) is -1.50. The van der Waals surface area contributed by atoms with E-state index in [0.717, 1.165) is 24.8 Å². The van der Waals surface area contributed by atoms with Crippen molar-refractivity contribution in [2.75, 3.05) is 0 Å². The first kappa shape index (κ1) is 25.7. The second kappa shape index (κ2) is 8.16. The highest BCUT2D eigenvalue weighted by Crippen LogP contribution is 2.75. The molecule has 4 fully saturated rings. The third-order valence-electron chi connectivity index (χ3n) is 12.8. The van der Waals surface area contributed by atoms with Gasteiger partial charge in [-0.25, -0.2) is 4.18 Å². The Kier molecular flexibility index (Phi) is 5.52. The Labute approximate surface area is 230 Å². The number of allylic oxidation sites excluding steroid dienone is 2. The van der Waals surface area contributed by atoms with Crippen molar-refractivity contribution in [3.8, 4) is 0 Å². The Balaban J connectivity index is 1.62. The van der Waals surface area contributed by atoms with Crippen LogP contribution in [0.2, 0.25) is 0 Å². The number of hydrogen-bond acceptors (Lipinski definition) is 5. The van der Waals surface area contributed by atoms with Gasteiger partial charge in [0.05, 0.1) is 11.5 Å². The Morgan fingerprint density at radius 3 is 2.26 bits per heavy atom. The molecule has 0 bridgehead atoms. The lowest BCUT2D eigenvalue weighted by Gasteiger charge is -2.70. The molecule has 214 valence electrons. The maximum atomic E-state index is 14.4. The molecule has 5 rings (SSSR count). The minimum Gasteiger partial charge on any atom is -0.481 e. The van der Waals surface area contributed by atoms with Crippen LogP contribution in [0.15, 0.2) is 11.6 Å². The van der Waals surface area contributed by atoms with E-state index in [-0.39, 0.29) is 34.9 Å². The third kappa shape index (κ3) is 3.68. The standard InChI is InChI=1S/C30H46O7S/c1-25(2)21-8-11-30(7)23(28(21,5)10-9-22(25)37-38(34,35)36)20(31)16-18-19-17-27(4,24(32)33)13-12-26(19,3)14-15-29(18,30)6/h16,19,21-23H,8-15,17H2,1-7H3,(H,32,33)(H,34,35,36)/t19-,21-,22-,23+,26+,27-,28-,29+,30+/m0/s1/i9D2. The lowest BCUT2D eigenvalue weighted by atomic mass is 9.33. The van der Waals surface area contributed by atoms with E-state index in [1.165, 1.54) is 0 Å². The molecule has 0 unspecified atom stereocenters. The number of hydrogen-bond donors (Lipinski definition) is 2. The lowest BCUT2D eigenvalue weighted by Crippen LogP contribution is -2.66. The second-order valence-electron chi connectivity index (χ2n) is 15.2. The van der Waals surface area contributed by atoms with Gasteiger partial charge < -0.3 is 5.11 Å². The van der Waals surface area contributed by atoms with Crippen LogP contribution in [0.4, 0.5) is 0 Å². The smallest absolute Gasteiger partial charge is 0.397 e. The fourth-order valence-electron chi connectivity index (χ4n) is 10.3. The van der Waals surface area contributed by atoms with E-state index in [1.54, 1.807) is 13.8 Å². The van der Waals surface area contributed by atoms with Crippen LogP contribution in [-0.4, -0.2) is 35.9 Å². The number of ketones is 1. The molecule has 0 aromatic carbocycles. The van der Waals surface area contributed by atoms with Gasteiger partial charge in [0.15, 0.2) is 5.78 Å². The Morgan fingerprint density at radius 2 is 1.66 bits per heavy atom. The molecule has 0 aromatic heterocycles. The molecular weight excluding hydrogens is 504 g/mol. The molecule has 0 aliphatic heterocycles. The summed E-state index contributed by atoms with van der Waals surface area (Å²) in [6, 6.07) is 0. The van der Waals surface area contributed by atoms with E-state index >= 15 is 0 Å². The molecule has 0 amide bonds. The monoisotopic (exact) mass is 552 g/mol. The molecule has 5 aliphatic rings. The predicted octanol–water partition coefficient (Wildman–Crippen LogP) is 6.24. The molecule has 9 atom stereocenters. The van der Waals surface area contributed by atoms with Crippen LogP contribution in [0.1, 0.15) is 109 Å². The Bertz CT molecular complexity index is 1290. The van der Waals surface area contributed by atoms with Gasteiger partial charge in [-0.05, 0) is 110 Å². The van der Waals surface area contributed by atoms with Crippen molar-refractivity contribution in [3.05, 3.63) is 11.6 Å². The van der Waals surface area contributed by atoms with Gasteiger partial charge in [0.1, 0.15) is 0 Å². The van der Waals surface area contributed by atoms with E-state index in [1.807, 2.05) is 19.9 Å². The maximum Gasteiger partial charge on any atom is 0.397 e. The second-order valence-corrected chi connectivity index (χ2v) is 16.2. The van der Waals surface area contributed by atoms with Crippen LogP contribution in [0.5, 0.6) is 0 Å². The largest absolute Gasteiger partial charge is 0.481 e. The van der Waals surface area contributed by atoms with Crippen LogP contribution < -0.4 is 0 Å². The molecule has 7 nitrogen and oxygen atoms in total. The topological polar surface area (TPSA) is 118 Å². The predicted molar refractivity (Wildman–Crippen MR) is 143 cm³/mol. The summed E-state index contributed by atoms with van der Waals surface area (Å²) in [6.45, 7) is 14.1. The summed E-state index contributed by atoms with van der Waals surface area (Å²) in [7, 11) is -4.89. The summed E-state index contributed by atoms with van der Waals surface area (Å²) in [4.78, 5) is 26.7. The molecule has 0 radical (unpaired) electrons. The summed E-state index contributed by atoms with van der Waals surface area (Å²) >= 11 is 0. The molecule has 0 aromatic rings. The minimum atomic E-state index is -4.89. The van der Waals surface area contributed by atoms with Crippen molar-refractivity contribution in [2.45, 2.75) is 112 Å². The third-order valence-corrected chi connectivity index (χ3v) is 13.3. The first-order chi connectivity index (χ1) is 18.0. The van der Waals surface area contributed by atoms with E-state index < -0.39 is 56.4 Å². The van der Waals surface area contributed by atoms with Gasteiger partial charge >= 0.3 is 16.4 Å². The molecule has 0 saturated heterocycles. The number of carbonyl (C=O) groups excluding carboxylic acids is 1. The number of rotatable bonds is 3. The van der Waals surface area contributed by atoms with Crippen molar-refractivity contribution in [3.63, 3.8) is 0 Å². The van der Waals surface area contributed by atoms with Gasteiger partial charge in [0.2, 0.25) is 0 Å². The molecule has 4 saturated carbocycles. The van der Waals surface area contributed by atoms with Gasteiger partial charge in [-0.1, -0.05) is 47.1 Å². The summed E-state index contributed by atoms with van der Waals surface area (Å²) in [5, 5.41) is 10.1. The highest BCUT2D eigenvalue weighted by Gasteiger charge is 2.70. The first-order valence-electron chi connectivity index (χ1n) is 15.1. The van der Waals surface area contributed by atoms with Crippen LogP contribution in [0.25, 0.3) is 0 Å². The fourth-order valence-corrected chi connectivity index (χ4v) is 10.8. The highest BCUT2D eigenvalue weighted by atomic mass is 32.3. The summed E-state index contributed by atoms with van der Waals surface area (Å²) < 4.78 is 55.9. The minimum absolute atomic E-state index is 0.00451. The molecule has 2 N–H and O–H groups in total. The number of carboxylic acids is 1. The molecule has 8 heteroatoms. The van der Waals surface area contributed by atoms with Gasteiger partial charge in [0.25, 0.3) is 0 Å². The van der Waals surface area contributed by atoms with E-state index in [4.69, 9.17) is 6.92 Å². The zero-order chi connectivity index (χ0) is 30.1. The molecular formula is C30H46O7S. The molecule has 0 heterocycles. The summed E-state index contributed by atoms with van der Waals surface area (Å²) in [5.41, 5.74) is -2.38. The average molecular weight is 553 g/mol. The zero-order valence-electron chi connectivity index (χ0n) is 25.9. The SMILES string of the molecule is [2H]C1([2H])C[C@]2(C)[C@H]3C(=O)C=C4[C@@H]5C[C@@](C)(C(=O)O)CC[C@]5(C)CC[C@@]4(C)[C@]3(C)CC[C@H]2C(C)(C)[C@H]1OS(=O)(=O)O. The van der Waals surface area contributed by atoms with Crippen molar-refractivity contribution in [1.82, 2.24) is 0 Å². The fraction of sp³-hybridized carbons (Fsp3) is 0.867. The van der Waals surface area contributed by atoms with Gasteiger partial charge in [-0.2, -0.15) is 8.42 Å². The van der Waals surface area contributed by atoms with Gasteiger partial charge in [-0.15, -0.1) is 0 Å². The molecule has 0 spiro atoms. The summed E-state index contributed by atoms with van der Waals surface area (Å²) in [6.07, 6.45) is 3.45. The van der Waals surface area contributed by atoms with Crippen LogP contribution in [0, 0.1) is 50.2 Å². The van der Waals surface area contributed by atoms with E-state index in [2.05, 4.69) is 20.8 Å². The van der Waals surface area contributed by atoms with Gasteiger partial charge in [0, 0.05) is 8.66 Å². The maximum absolute atomic E-state index is 14.4. The Hall–Kier alpha value is -1.25. The van der Waals surface area contributed by atoms with Crippen LogP contribution in [-0.2, 0) is 24.2 Å². The van der Waals surface area contributed by atoms with E-state index in [9.17, 15) is 27.7 Å². The normalized spacial score (nSPS) is 52.2. The first-order valence-corrected chi connectivity index (χ1v) is 15.5. The number of carbonyl (C=O) groups is 2. The van der Waals surface area contributed by atoms with Crippen molar-refractivity contribution >= 4 is 22.2 Å². The van der Waals surface area contributed by atoms with Crippen molar-refractivity contribution < 1.29 is 34.6 Å². The number of fused-ring (bicyclic) bond motifs is 7. The number of aliphatic carboxylic acids is 1.